The van der Waals surface area contributed by atoms with E-state index in [0.717, 1.165) is 12.0 Å². The van der Waals surface area contributed by atoms with Gasteiger partial charge in [-0.05, 0) is 43.9 Å². The van der Waals surface area contributed by atoms with E-state index in [4.69, 9.17) is 4.74 Å². The molecule has 5 heteroatoms. The Kier molecular flexibility index (Phi) is 2.98. The van der Waals surface area contributed by atoms with Gasteiger partial charge in [0, 0.05) is 17.4 Å². The maximum atomic E-state index is 13.4. The first-order chi connectivity index (χ1) is 11.2. The van der Waals surface area contributed by atoms with Gasteiger partial charge in [-0.2, -0.15) is 0 Å². The maximum Gasteiger partial charge on any atom is 0.313 e. The number of esters is 1. The lowest BCUT2D eigenvalue weighted by Crippen LogP contribution is -2.54. The third kappa shape index (κ3) is 1.78. The fourth-order valence-electron chi connectivity index (χ4n) is 4.49. The first kappa shape index (κ1) is 15.6. The van der Waals surface area contributed by atoms with Crippen LogP contribution in [0, 0.1) is 16.6 Å². The fourth-order valence-corrected chi connectivity index (χ4v) is 4.49. The van der Waals surface area contributed by atoms with Gasteiger partial charge >= 0.3 is 5.97 Å². The standard InChI is InChI=1S/C19H22FNO3/c1-17(2)18(3)7-8-19(17,24-16(18)23)15(22)21-14-10-13(14)11-5-4-6-12(20)9-11/h4-6,9,13-14H,7-8,10H2,1-3H3,(H,21,22)/t13-,14-,18?,19?/m0/s1. The minimum Gasteiger partial charge on any atom is -0.448 e. The van der Waals surface area contributed by atoms with E-state index in [2.05, 4.69) is 5.32 Å². The monoisotopic (exact) mass is 331 g/mol. The Hall–Kier alpha value is -1.91. The summed E-state index contributed by atoms with van der Waals surface area (Å²) in [5.41, 5.74) is -1.31. The number of ether oxygens (including phenoxy) is 1. The summed E-state index contributed by atoms with van der Waals surface area (Å²) in [5.74, 6) is -0.605. The van der Waals surface area contributed by atoms with Gasteiger partial charge in [-0.1, -0.05) is 26.0 Å². The van der Waals surface area contributed by atoms with E-state index in [9.17, 15) is 14.0 Å². The Morgan fingerprint density at radius 2 is 2.04 bits per heavy atom. The van der Waals surface area contributed by atoms with Gasteiger partial charge in [0.05, 0.1) is 5.41 Å². The number of hydrogen-bond donors (Lipinski definition) is 1. The van der Waals surface area contributed by atoms with Crippen LogP contribution in [-0.2, 0) is 14.3 Å². The normalized spacial score (nSPS) is 38.8. The van der Waals surface area contributed by atoms with Crippen molar-refractivity contribution in [3.63, 3.8) is 0 Å². The quantitative estimate of drug-likeness (QED) is 0.867. The molecule has 2 saturated carbocycles. The van der Waals surface area contributed by atoms with Gasteiger partial charge in [0.25, 0.3) is 5.91 Å². The molecule has 0 radical (unpaired) electrons. The Labute approximate surface area is 140 Å². The molecule has 0 spiro atoms. The summed E-state index contributed by atoms with van der Waals surface area (Å²) in [5, 5.41) is 3.04. The van der Waals surface area contributed by atoms with Gasteiger partial charge in [-0.3, -0.25) is 9.59 Å². The Morgan fingerprint density at radius 1 is 1.29 bits per heavy atom. The molecule has 1 aromatic carbocycles. The lowest BCUT2D eigenvalue weighted by atomic mass is 9.66. The third-order valence-corrected chi connectivity index (χ3v) is 6.83. The Balaban J connectivity index is 1.51. The van der Waals surface area contributed by atoms with Crippen LogP contribution in [0.4, 0.5) is 4.39 Å². The molecule has 1 heterocycles. The first-order valence-electron chi connectivity index (χ1n) is 8.51. The highest BCUT2D eigenvalue weighted by Crippen LogP contribution is 2.65. The molecule has 4 rings (SSSR count). The van der Waals surface area contributed by atoms with Gasteiger partial charge in [-0.25, -0.2) is 4.39 Å². The van der Waals surface area contributed by atoms with Crippen LogP contribution in [0.2, 0.25) is 0 Å². The number of rotatable bonds is 3. The van der Waals surface area contributed by atoms with E-state index in [1.165, 1.54) is 12.1 Å². The van der Waals surface area contributed by atoms with E-state index in [1.54, 1.807) is 6.07 Å². The van der Waals surface area contributed by atoms with Crippen LogP contribution in [0.15, 0.2) is 24.3 Å². The number of carbonyl (C=O) groups excluding carboxylic acids is 2. The Morgan fingerprint density at radius 3 is 2.62 bits per heavy atom. The minimum atomic E-state index is -1.08. The predicted molar refractivity (Wildman–Crippen MR) is 85.6 cm³/mol. The molecular formula is C19H22FNO3. The summed E-state index contributed by atoms with van der Waals surface area (Å²) < 4.78 is 19.0. The van der Waals surface area contributed by atoms with Gasteiger partial charge in [-0.15, -0.1) is 0 Å². The number of amides is 1. The lowest BCUT2D eigenvalue weighted by molar-refractivity contribution is -0.168. The molecule has 1 N–H and O–H groups in total. The molecule has 1 aromatic rings. The summed E-state index contributed by atoms with van der Waals surface area (Å²) in [6, 6.07) is 6.48. The highest BCUT2D eigenvalue weighted by molar-refractivity contribution is 5.96. The summed E-state index contributed by atoms with van der Waals surface area (Å²) in [4.78, 5) is 25.2. The minimum absolute atomic E-state index is 0.0179. The van der Waals surface area contributed by atoms with Gasteiger partial charge in [0.2, 0.25) is 0 Å². The largest absolute Gasteiger partial charge is 0.448 e. The number of nitrogens with one attached hydrogen (secondary N) is 1. The van der Waals surface area contributed by atoms with Crippen molar-refractivity contribution in [2.45, 2.75) is 57.6 Å². The summed E-state index contributed by atoms with van der Waals surface area (Å²) in [6.07, 6.45) is 2.02. The summed E-state index contributed by atoms with van der Waals surface area (Å²) >= 11 is 0. The average Bonchev–Trinajstić information content (AvgIpc) is 3.22. The second-order valence-electron chi connectivity index (χ2n) is 8.15. The lowest BCUT2D eigenvalue weighted by Gasteiger charge is -2.35. The van der Waals surface area contributed by atoms with Crippen LogP contribution in [0.3, 0.4) is 0 Å². The zero-order chi connectivity index (χ0) is 17.3. The van der Waals surface area contributed by atoms with E-state index in [1.807, 2.05) is 26.8 Å². The SMILES string of the molecule is CC12CCC(C(=O)N[C@H]3C[C@H]3c3cccc(F)c3)(OC1=O)C2(C)C. The van der Waals surface area contributed by atoms with Crippen molar-refractivity contribution in [3.05, 3.63) is 35.6 Å². The van der Waals surface area contributed by atoms with Crippen LogP contribution >= 0.6 is 0 Å². The molecule has 1 aliphatic heterocycles. The van der Waals surface area contributed by atoms with Crippen LogP contribution in [-0.4, -0.2) is 23.5 Å². The highest BCUT2D eigenvalue weighted by Gasteiger charge is 2.75. The molecule has 4 atom stereocenters. The predicted octanol–water partition coefficient (Wildman–Crippen LogP) is 2.92. The molecule has 128 valence electrons. The first-order valence-corrected chi connectivity index (χ1v) is 8.51. The van der Waals surface area contributed by atoms with Crippen molar-refractivity contribution < 1.29 is 18.7 Å². The third-order valence-electron chi connectivity index (χ3n) is 6.83. The number of fused-ring (bicyclic) bond motifs is 2. The van der Waals surface area contributed by atoms with Crippen molar-refractivity contribution in [2.75, 3.05) is 0 Å². The molecule has 0 aromatic heterocycles. The van der Waals surface area contributed by atoms with Gasteiger partial charge < -0.3 is 10.1 Å². The Bertz CT molecular complexity index is 746. The molecular weight excluding hydrogens is 309 g/mol. The van der Waals surface area contributed by atoms with Crippen molar-refractivity contribution in [1.29, 1.82) is 0 Å². The van der Waals surface area contributed by atoms with Crippen LogP contribution in [0.25, 0.3) is 0 Å². The number of halogens is 1. The molecule has 2 bridgehead atoms. The van der Waals surface area contributed by atoms with Crippen molar-refractivity contribution >= 4 is 11.9 Å². The van der Waals surface area contributed by atoms with Crippen molar-refractivity contribution in [3.8, 4) is 0 Å². The van der Waals surface area contributed by atoms with Crippen LogP contribution < -0.4 is 5.32 Å². The second kappa shape index (κ2) is 4.58. The van der Waals surface area contributed by atoms with E-state index < -0.39 is 16.4 Å². The second-order valence-corrected chi connectivity index (χ2v) is 8.15. The molecule has 4 nitrogen and oxygen atoms in total. The summed E-state index contributed by atoms with van der Waals surface area (Å²) in [7, 11) is 0. The molecule has 1 amide bonds. The molecule has 2 unspecified atom stereocenters. The molecule has 2 aliphatic carbocycles. The maximum absolute atomic E-state index is 13.4. The topological polar surface area (TPSA) is 55.4 Å². The van der Waals surface area contributed by atoms with Crippen LogP contribution in [0.1, 0.15) is 51.5 Å². The summed E-state index contributed by atoms with van der Waals surface area (Å²) in [6.45, 7) is 5.78. The van der Waals surface area contributed by atoms with Gasteiger partial charge in [0.15, 0.2) is 5.60 Å². The molecule has 3 fully saturated rings. The number of carbonyl (C=O) groups is 2. The number of hydrogen-bond acceptors (Lipinski definition) is 3. The van der Waals surface area contributed by atoms with E-state index in [-0.39, 0.29) is 29.7 Å². The van der Waals surface area contributed by atoms with Crippen LogP contribution in [0.5, 0.6) is 0 Å². The average molecular weight is 331 g/mol. The zero-order valence-electron chi connectivity index (χ0n) is 14.2. The number of benzene rings is 1. The van der Waals surface area contributed by atoms with Crippen molar-refractivity contribution in [2.24, 2.45) is 10.8 Å². The fraction of sp³-hybridized carbons (Fsp3) is 0.579. The zero-order valence-corrected chi connectivity index (χ0v) is 14.2. The highest BCUT2D eigenvalue weighted by atomic mass is 19.1. The van der Waals surface area contributed by atoms with Gasteiger partial charge in [0.1, 0.15) is 5.82 Å². The van der Waals surface area contributed by atoms with E-state index >= 15 is 0 Å². The molecule has 3 aliphatic rings. The van der Waals surface area contributed by atoms with E-state index in [0.29, 0.717) is 12.8 Å². The smallest absolute Gasteiger partial charge is 0.313 e. The molecule has 1 saturated heterocycles. The van der Waals surface area contributed by atoms with Crippen molar-refractivity contribution in [1.82, 2.24) is 5.32 Å². The molecule has 24 heavy (non-hydrogen) atoms.